The van der Waals surface area contributed by atoms with Gasteiger partial charge < -0.3 is 4.57 Å². The number of rotatable bonds is 3. The van der Waals surface area contributed by atoms with Crippen LogP contribution in [0.5, 0.6) is 0 Å². The Morgan fingerprint density at radius 1 is 0.553 bits per heavy atom. The Balaban J connectivity index is 1.24. The van der Waals surface area contributed by atoms with Crippen LogP contribution in [0.15, 0.2) is 140 Å². The summed E-state index contributed by atoms with van der Waals surface area (Å²) >= 11 is 1.78. The molecule has 0 unspecified atom stereocenters. The Labute approximate surface area is 276 Å². The van der Waals surface area contributed by atoms with Crippen LogP contribution in [0.2, 0.25) is 0 Å². The first-order valence-corrected chi connectivity index (χ1v) is 16.9. The highest BCUT2D eigenvalue weighted by Crippen LogP contribution is 2.51. The number of hydrogen-bond acceptors (Lipinski definition) is 3. The number of fused-ring (bicyclic) bond motifs is 9. The second kappa shape index (κ2) is 9.71. The molecule has 0 N–H and O–H groups in total. The molecule has 1 aliphatic rings. The van der Waals surface area contributed by atoms with Crippen LogP contribution in [0.1, 0.15) is 25.0 Å². The minimum atomic E-state index is -0.0462. The molecule has 0 radical (unpaired) electrons. The van der Waals surface area contributed by atoms with Gasteiger partial charge in [-0.2, -0.15) is 0 Å². The van der Waals surface area contributed by atoms with Crippen molar-refractivity contribution in [2.45, 2.75) is 19.3 Å². The Kier molecular flexibility index (Phi) is 5.50. The molecule has 222 valence electrons. The maximum Gasteiger partial charge on any atom is 0.160 e. The summed E-state index contributed by atoms with van der Waals surface area (Å²) in [5.41, 5.74) is 13.1. The smallest absolute Gasteiger partial charge is 0.160 e. The topological polar surface area (TPSA) is 30.7 Å². The highest BCUT2D eigenvalue weighted by molar-refractivity contribution is 7.26. The lowest BCUT2D eigenvalue weighted by molar-refractivity contribution is 0.661. The molecule has 3 heterocycles. The fourth-order valence-electron chi connectivity index (χ4n) is 7.72. The van der Waals surface area contributed by atoms with Crippen LogP contribution in [0.25, 0.3) is 81.6 Å². The van der Waals surface area contributed by atoms with Gasteiger partial charge in [-0.1, -0.05) is 117 Å². The maximum absolute atomic E-state index is 5.18. The van der Waals surface area contributed by atoms with Gasteiger partial charge in [0.05, 0.1) is 26.9 Å². The van der Waals surface area contributed by atoms with Gasteiger partial charge in [-0.15, -0.1) is 11.3 Å². The number of aromatic nitrogens is 3. The van der Waals surface area contributed by atoms with Crippen molar-refractivity contribution in [2.24, 2.45) is 0 Å². The van der Waals surface area contributed by atoms with Crippen molar-refractivity contribution < 1.29 is 0 Å². The monoisotopic (exact) mass is 619 g/mol. The van der Waals surface area contributed by atoms with Crippen LogP contribution >= 0.6 is 11.3 Å². The number of para-hydroxylation sites is 1. The highest BCUT2D eigenvalue weighted by Gasteiger charge is 2.36. The lowest BCUT2D eigenvalue weighted by Crippen LogP contribution is -2.14. The van der Waals surface area contributed by atoms with E-state index in [0.717, 1.165) is 43.9 Å². The summed E-state index contributed by atoms with van der Waals surface area (Å²) < 4.78 is 4.76. The molecule has 0 amide bonds. The van der Waals surface area contributed by atoms with E-state index in [0.29, 0.717) is 0 Å². The normalized spacial score (nSPS) is 13.5. The minimum absolute atomic E-state index is 0.0462. The molecule has 9 aromatic rings. The minimum Gasteiger partial charge on any atom is -0.309 e. The van der Waals surface area contributed by atoms with Crippen LogP contribution in [-0.4, -0.2) is 14.5 Å². The summed E-state index contributed by atoms with van der Waals surface area (Å²) in [7, 11) is 0. The molecule has 4 heteroatoms. The van der Waals surface area contributed by atoms with Gasteiger partial charge in [-0.3, -0.25) is 0 Å². The average Bonchev–Trinajstić information content (AvgIpc) is 3.73. The molecule has 6 aromatic carbocycles. The van der Waals surface area contributed by atoms with E-state index in [4.69, 9.17) is 9.97 Å². The predicted octanol–water partition coefficient (Wildman–Crippen LogP) is 11.6. The molecule has 1 aliphatic carbocycles. The van der Waals surface area contributed by atoms with Gasteiger partial charge in [0.1, 0.15) is 0 Å². The van der Waals surface area contributed by atoms with Gasteiger partial charge >= 0.3 is 0 Å². The van der Waals surface area contributed by atoms with Gasteiger partial charge in [-0.05, 0) is 58.7 Å². The van der Waals surface area contributed by atoms with Gasteiger partial charge in [-0.25, -0.2) is 9.97 Å². The van der Waals surface area contributed by atoms with Gasteiger partial charge in [0.2, 0.25) is 0 Å². The molecule has 0 fully saturated rings. The Bertz CT molecular complexity index is 2700. The van der Waals surface area contributed by atoms with Crippen LogP contribution in [0, 0.1) is 0 Å². The van der Waals surface area contributed by atoms with Crippen molar-refractivity contribution >= 4 is 53.4 Å². The zero-order chi connectivity index (χ0) is 31.3. The molecular weight excluding hydrogens is 591 g/mol. The van der Waals surface area contributed by atoms with Crippen molar-refractivity contribution in [1.29, 1.82) is 0 Å². The van der Waals surface area contributed by atoms with Crippen molar-refractivity contribution in [3.63, 3.8) is 0 Å². The highest BCUT2D eigenvalue weighted by atomic mass is 32.1. The van der Waals surface area contributed by atoms with Crippen LogP contribution < -0.4 is 0 Å². The van der Waals surface area contributed by atoms with Crippen molar-refractivity contribution in [3.8, 4) is 39.5 Å². The summed E-state index contributed by atoms with van der Waals surface area (Å²) in [5, 5.41) is 3.72. The summed E-state index contributed by atoms with van der Waals surface area (Å²) in [5.74, 6) is 0.750. The third-order valence-corrected chi connectivity index (χ3v) is 11.2. The summed E-state index contributed by atoms with van der Waals surface area (Å²) in [4.78, 5) is 10.3. The zero-order valence-corrected chi connectivity index (χ0v) is 26.8. The third-order valence-electron chi connectivity index (χ3n) is 10.0. The van der Waals surface area contributed by atoms with Gasteiger partial charge in [0.15, 0.2) is 5.82 Å². The molecule has 10 rings (SSSR count). The second-order valence-electron chi connectivity index (χ2n) is 13.0. The van der Waals surface area contributed by atoms with Crippen molar-refractivity contribution in [3.05, 3.63) is 151 Å². The molecule has 47 heavy (non-hydrogen) atoms. The standard InChI is InChI=1S/C43H29N3S/c1-43(2)34-19-11-9-17-29(34)32-25-37-33(24-35(32)43)30-18-10-12-20-36(30)46(37)28-21-22-31-38(23-28)47-41-39(26-13-5-3-6-14-26)44-42(45-40(31)41)27-15-7-4-8-16-27/h3-25H,1-2H3. The van der Waals surface area contributed by atoms with E-state index in [1.54, 1.807) is 11.3 Å². The van der Waals surface area contributed by atoms with Crippen molar-refractivity contribution in [1.82, 2.24) is 14.5 Å². The second-order valence-corrected chi connectivity index (χ2v) is 14.1. The van der Waals surface area contributed by atoms with E-state index in [-0.39, 0.29) is 5.41 Å². The molecule has 0 saturated heterocycles. The zero-order valence-electron chi connectivity index (χ0n) is 26.0. The Morgan fingerprint density at radius 2 is 1.28 bits per heavy atom. The van der Waals surface area contributed by atoms with Crippen LogP contribution in [0.4, 0.5) is 0 Å². The van der Waals surface area contributed by atoms with E-state index in [1.807, 2.05) is 18.2 Å². The first-order chi connectivity index (χ1) is 23.1. The number of benzene rings is 6. The van der Waals surface area contributed by atoms with E-state index < -0.39 is 0 Å². The fraction of sp³-hybridized carbons (Fsp3) is 0.0698. The maximum atomic E-state index is 5.18. The molecule has 3 aromatic heterocycles. The molecule has 0 aliphatic heterocycles. The number of nitrogens with zero attached hydrogens (tertiary/aromatic N) is 3. The number of hydrogen-bond donors (Lipinski definition) is 0. The number of thiophene rings is 1. The van der Waals surface area contributed by atoms with E-state index in [9.17, 15) is 0 Å². The van der Waals surface area contributed by atoms with Gasteiger partial charge in [0.25, 0.3) is 0 Å². The van der Waals surface area contributed by atoms with Gasteiger partial charge in [0, 0.05) is 43.1 Å². The van der Waals surface area contributed by atoms with E-state index in [2.05, 4.69) is 140 Å². The van der Waals surface area contributed by atoms with Crippen molar-refractivity contribution in [2.75, 3.05) is 0 Å². The first kappa shape index (κ1) is 26.6. The predicted molar refractivity (Wildman–Crippen MR) is 198 cm³/mol. The first-order valence-electron chi connectivity index (χ1n) is 16.1. The molecule has 0 bridgehead atoms. The Morgan fingerprint density at radius 3 is 2.11 bits per heavy atom. The van der Waals surface area contributed by atoms with E-state index >= 15 is 0 Å². The molecular formula is C43H29N3S. The molecule has 0 spiro atoms. The quantitative estimate of drug-likeness (QED) is 0.197. The molecule has 0 saturated carbocycles. The molecule has 0 atom stereocenters. The van der Waals surface area contributed by atoms with Crippen LogP contribution in [0.3, 0.4) is 0 Å². The lowest BCUT2D eigenvalue weighted by Gasteiger charge is -2.21. The third kappa shape index (κ3) is 3.79. The van der Waals surface area contributed by atoms with E-state index in [1.165, 1.54) is 48.8 Å². The lowest BCUT2D eigenvalue weighted by atomic mass is 9.82. The summed E-state index contributed by atoms with van der Waals surface area (Å²) in [6, 6.07) is 50.2. The largest absolute Gasteiger partial charge is 0.309 e. The Hall–Kier alpha value is -5.58. The summed E-state index contributed by atoms with van der Waals surface area (Å²) in [6.07, 6.45) is 0. The summed E-state index contributed by atoms with van der Waals surface area (Å²) in [6.45, 7) is 4.71. The van der Waals surface area contributed by atoms with Crippen LogP contribution in [-0.2, 0) is 5.41 Å². The fourth-order valence-corrected chi connectivity index (χ4v) is 8.91. The molecule has 3 nitrogen and oxygen atoms in total. The average molecular weight is 620 g/mol. The SMILES string of the molecule is CC1(C)c2ccccc2-c2cc3c(cc21)c1ccccc1n3-c1ccc2c(c1)sc1c(-c3ccccc3)nc(-c3ccccc3)nc12.